The zero-order valence-corrected chi connectivity index (χ0v) is 9.94. The predicted molar refractivity (Wildman–Crippen MR) is 61.2 cm³/mol. The topological polar surface area (TPSA) is 38.7 Å². The number of benzene rings is 1. The molecule has 1 aliphatic heterocycles. The normalized spacial score (nSPS) is 24.4. The lowest BCUT2D eigenvalue weighted by Crippen LogP contribution is -2.50. The van der Waals surface area contributed by atoms with Crippen LogP contribution in [0.15, 0.2) is 30.3 Å². The zero-order chi connectivity index (χ0) is 13.1. The van der Waals surface area contributed by atoms with Crippen molar-refractivity contribution in [1.29, 1.82) is 0 Å². The highest BCUT2D eigenvalue weighted by atomic mass is 19.3. The van der Waals surface area contributed by atoms with E-state index in [4.69, 9.17) is 9.47 Å². The minimum absolute atomic E-state index is 0.0608. The van der Waals surface area contributed by atoms with Gasteiger partial charge in [-0.05, 0) is 12.0 Å². The Bertz CT molecular complexity index is 375. The summed E-state index contributed by atoms with van der Waals surface area (Å²) in [7, 11) is 0. The first-order chi connectivity index (χ1) is 8.54. The molecule has 1 aromatic rings. The third kappa shape index (κ3) is 2.85. The molecule has 1 fully saturated rings. The molecule has 100 valence electrons. The van der Waals surface area contributed by atoms with Crippen molar-refractivity contribution in [2.24, 2.45) is 0 Å². The van der Waals surface area contributed by atoms with Crippen LogP contribution in [0.3, 0.4) is 0 Å². The van der Waals surface area contributed by atoms with E-state index in [2.05, 4.69) is 0 Å². The van der Waals surface area contributed by atoms with E-state index < -0.39 is 18.3 Å². The van der Waals surface area contributed by atoms with Gasteiger partial charge in [0.15, 0.2) is 0 Å². The van der Waals surface area contributed by atoms with Crippen molar-refractivity contribution in [1.82, 2.24) is 0 Å². The van der Waals surface area contributed by atoms with Crippen molar-refractivity contribution in [3.8, 4) is 0 Å². The molecule has 2 rings (SSSR count). The van der Waals surface area contributed by atoms with Gasteiger partial charge in [-0.3, -0.25) is 0 Å². The summed E-state index contributed by atoms with van der Waals surface area (Å²) in [6.07, 6.45) is 0.374. The molecule has 1 heterocycles. The molecule has 1 aliphatic rings. The molecular formula is C13H16F2O3. The van der Waals surface area contributed by atoms with Crippen LogP contribution in [0, 0.1) is 0 Å². The first-order valence-electron chi connectivity index (χ1n) is 5.89. The van der Waals surface area contributed by atoms with Gasteiger partial charge in [0.1, 0.15) is 6.61 Å². The Hall–Kier alpha value is -1.04. The molecule has 0 aromatic heterocycles. The van der Waals surface area contributed by atoms with Gasteiger partial charge in [0.05, 0.1) is 13.2 Å². The van der Waals surface area contributed by atoms with Gasteiger partial charge in [-0.25, -0.2) is 0 Å². The summed E-state index contributed by atoms with van der Waals surface area (Å²) < 4.78 is 37.1. The number of ether oxygens (including phenoxy) is 2. The second-order valence-corrected chi connectivity index (χ2v) is 4.42. The van der Waals surface area contributed by atoms with Crippen molar-refractivity contribution >= 4 is 0 Å². The Morgan fingerprint density at radius 1 is 1.33 bits per heavy atom. The van der Waals surface area contributed by atoms with Crippen molar-refractivity contribution < 1.29 is 23.4 Å². The standard InChI is InChI=1S/C13H16F2O3/c14-12(15,13(16)7-4-8-18-13)10-17-9-11-5-2-1-3-6-11/h1-3,5-6,16H,4,7-10H2. The predicted octanol–water partition coefficient (Wildman–Crippen LogP) is 2.34. The summed E-state index contributed by atoms with van der Waals surface area (Å²) in [5, 5.41) is 9.66. The third-order valence-electron chi connectivity index (χ3n) is 2.97. The van der Waals surface area contributed by atoms with E-state index in [-0.39, 0.29) is 19.6 Å². The number of rotatable bonds is 5. The van der Waals surface area contributed by atoms with E-state index >= 15 is 0 Å². The number of hydrogen-bond acceptors (Lipinski definition) is 3. The Morgan fingerprint density at radius 3 is 2.67 bits per heavy atom. The van der Waals surface area contributed by atoms with E-state index in [1.165, 1.54) is 0 Å². The molecule has 1 N–H and O–H groups in total. The maximum atomic E-state index is 13.7. The Balaban J connectivity index is 1.85. The van der Waals surface area contributed by atoms with Crippen LogP contribution >= 0.6 is 0 Å². The lowest BCUT2D eigenvalue weighted by Gasteiger charge is -2.30. The summed E-state index contributed by atoms with van der Waals surface area (Å²) in [5.74, 6) is -5.76. The van der Waals surface area contributed by atoms with Gasteiger partial charge < -0.3 is 14.6 Å². The van der Waals surface area contributed by atoms with Crippen LogP contribution in [-0.4, -0.2) is 30.0 Å². The quantitative estimate of drug-likeness (QED) is 0.881. The minimum atomic E-state index is -3.39. The molecule has 1 aromatic carbocycles. The molecule has 1 atom stereocenters. The average molecular weight is 258 g/mol. The first kappa shape index (κ1) is 13.4. The van der Waals surface area contributed by atoms with Gasteiger partial charge in [0.25, 0.3) is 0 Å². The first-order valence-corrected chi connectivity index (χ1v) is 5.89. The fourth-order valence-corrected chi connectivity index (χ4v) is 1.90. The Kier molecular flexibility index (Phi) is 3.94. The van der Waals surface area contributed by atoms with Gasteiger partial charge in [-0.2, -0.15) is 8.78 Å². The minimum Gasteiger partial charge on any atom is -0.370 e. The molecule has 1 saturated heterocycles. The lowest BCUT2D eigenvalue weighted by atomic mass is 10.1. The SMILES string of the molecule is OC1(C(F)(F)COCc2ccccc2)CCCO1. The molecule has 0 amide bonds. The van der Waals surface area contributed by atoms with Gasteiger partial charge >= 0.3 is 5.92 Å². The molecular weight excluding hydrogens is 242 g/mol. The molecule has 18 heavy (non-hydrogen) atoms. The number of hydrogen-bond donors (Lipinski definition) is 1. The monoisotopic (exact) mass is 258 g/mol. The van der Waals surface area contributed by atoms with Gasteiger partial charge in [0.2, 0.25) is 5.79 Å². The van der Waals surface area contributed by atoms with E-state index in [1.807, 2.05) is 18.2 Å². The van der Waals surface area contributed by atoms with Crippen LogP contribution < -0.4 is 0 Å². The summed E-state index contributed by atoms with van der Waals surface area (Å²) in [6.45, 7) is -0.602. The molecule has 0 spiro atoms. The summed E-state index contributed by atoms with van der Waals surface area (Å²) in [5.41, 5.74) is 0.813. The van der Waals surface area contributed by atoms with Crippen molar-refractivity contribution in [3.63, 3.8) is 0 Å². The maximum absolute atomic E-state index is 13.7. The molecule has 0 radical (unpaired) electrons. The fourth-order valence-electron chi connectivity index (χ4n) is 1.90. The highest BCUT2D eigenvalue weighted by Crippen LogP contribution is 2.38. The van der Waals surface area contributed by atoms with E-state index in [0.29, 0.717) is 6.42 Å². The van der Waals surface area contributed by atoms with E-state index in [0.717, 1.165) is 5.56 Å². The zero-order valence-electron chi connectivity index (χ0n) is 9.94. The van der Waals surface area contributed by atoms with Crippen LogP contribution in [0.5, 0.6) is 0 Å². The molecule has 0 bridgehead atoms. The summed E-state index contributed by atoms with van der Waals surface area (Å²) >= 11 is 0. The smallest absolute Gasteiger partial charge is 0.323 e. The maximum Gasteiger partial charge on any atom is 0.323 e. The lowest BCUT2D eigenvalue weighted by molar-refractivity contribution is -0.310. The van der Waals surface area contributed by atoms with Crippen LogP contribution in [0.4, 0.5) is 8.78 Å². The Morgan fingerprint density at radius 2 is 2.06 bits per heavy atom. The van der Waals surface area contributed by atoms with E-state index in [1.54, 1.807) is 12.1 Å². The highest BCUT2D eigenvalue weighted by molar-refractivity contribution is 5.13. The van der Waals surface area contributed by atoms with Gasteiger partial charge in [-0.1, -0.05) is 30.3 Å². The van der Waals surface area contributed by atoms with Gasteiger partial charge in [0, 0.05) is 6.42 Å². The average Bonchev–Trinajstić information content (AvgIpc) is 2.79. The Labute approximate surface area is 104 Å². The van der Waals surface area contributed by atoms with Crippen molar-refractivity contribution in [3.05, 3.63) is 35.9 Å². The van der Waals surface area contributed by atoms with Crippen LogP contribution in [0.2, 0.25) is 0 Å². The van der Waals surface area contributed by atoms with Gasteiger partial charge in [-0.15, -0.1) is 0 Å². The largest absolute Gasteiger partial charge is 0.370 e. The van der Waals surface area contributed by atoms with Crippen molar-refractivity contribution in [2.75, 3.05) is 13.2 Å². The fraction of sp³-hybridized carbons (Fsp3) is 0.538. The van der Waals surface area contributed by atoms with Crippen LogP contribution in [0.25, 0.3) is 0 Å². The molecule has 1 unspecified atom stereocenters. The number of aliphatic hydroxyl groups is 1. The molecule has 0 saturated carbocycles. The third-order valence-corrected chi connectivity index (χ3v) is 2.97. The summed E-state index contributed by atoms with van der Waals surface area (Å²) in [4.78, 5) is 0. The molecule has 3 nitrogen and oxygen atoms in total. The van der Waals surface area contributed by atoms with Crippen LogP contribution in [-0.2, 0) is 16.1 Å². The number of alkyl halides is 2. The second-order valence-electron chi connectivity index (χ2n) is 4.42. The van der Waals surface area contributed by atoms with Crippen molar-refractivity contribution in [2.45, 2.75) is 31.2 Å². The summed E-state index contributed by atoms with van der Waals surface area (Å²) in [6, 6.07) is 9.04. The second kappa shape index (κ2) is 5.30. The molecule has 0 aliphatic carbocycles. The highest BCUT2D eigenvalue weighted by Gasteiger charge is 2.55. The van der Waals surface area contributed by atoms with Crippen LogP contribution in [0.1, 0.15) is 18.4 Å². The number of halogens is 2. The van der Waals surface area contributed by atoms with E-state index in [9.17, 15) is 13.9 Å². The molecule has 5 heteroatoms.